The predicted octanol–water partition coefficient (Wildman–Crippen LogP) is 4.59. The molecule has 0 fully saturated rings. The molecule has 144 valence electrons. The van der Waals surface area contributed by atoms with Crippen LogP contribution >= 0.6 is 11.3 Å². The molecule has 7 heteroatoms. The summed E-state index contributed by atoms with van der Waals surface area (Å²) in [5, 5.41) is 6.92. The third kappa shape index (κ3) is 5.92. The van der Waals surface area contributed by atoms with Crippen molar-refractivity contribution < 1.29 is 14.3 Å². The number of hydrogen-bond donors (Lipinski definition) is 1. The third-order valence-electron chi connectivity index (χ3n) is 3.55. The Morgan fingerprint density at radius 2 is 1.93 bits per heavy atom. The Morgan fingerprint density at radius 3 is 2.64 bits per heavy atom. The molecular weight excluding hydrogens is 374 g/mol. The van der Waals surface area contributed by atoms with Crippen molar-refractivity contribution in [3.63, 3.8) is 0 Å². The first-order valence-electron chi connectivity index (χ1n) is 8.82. The van der Waals surface area contributed by atoms with Gasteiger partial charge in [-0.05, 0) is 43.7 Å². The Labute approximate surface area is 167 Å². The molecule has 0 atom stereocenters. The lowest BCUT2D eigenvalue weighted by Gasteiger charge is -2.09. The SMILES string of the molecule is CC(C)OC(=O)COc1ccc(C=NNc2nc(-c3ccccc3)cs2)cc1. The normalized spacial score (nSPS) is 11.0. The standard InChI is InChI=1S/C21H21N3O3S/c1-15(2)27-20(25)13-26-18-10-8-16(9-11-18)12-22-24-21-23-19(14-28-21)17-6-4-3-5-7-17/h3-12,14-15H,13H2,1-2H3,(H,23,24). The highest BCUT2D eigenvalue weighted by molar-refractivity contribution is 7.14. The number of carbonyl (C=O) groups excluding carboxylic acids is 1. The summed E-state index contributed by atoms with van der Waals surface area (Å²) in [5.41, 5.74) is 5.82. The Hall–Kier alpha value is -3.19. The number of benzene rings is 2. The summed E-state index contributed by atoms with van der Waals surface area (Å²) in [6, 6.07) is 17.3. The molecule has 1 N–H and O–H groups in total. The lowest BCUT2D eigenvalue weighted by Crippen LogP contribution is -2.18. The molecule has 0 saturated carbocycles. The first kappa shape index (κ1) is 19.6. The van der Waals surface area contributed by atoms with Crippen LogP contribution in [0, 0.1) is 0 Å². The molecule has 0 amide bonds. The van der Waals surface area contributed by atoms with Crippen molar-refractivity contribution in [1.29, 1.82) is 0 Å². The molecule has 0 aliphatic rings. The minimum atomic E-state index is -0.386. The van der Waals surface area contributed by atoms with Gasteiger partial charge in [0, 0.05) is 10.9 Å². The maximum Gasteiger partial charge on any atom is 0.344 e. The molecule has 2 aromatic carbocycles. The zero-order valence-corrected chi connectivity index (χ0v) is 16.5. The van der Waals surface area contributed by atoms with E-state index in [2.05, 4.69) is 15.5 Å². The largest absolute Gasteiger partial charge is 0.482 e. The summed E-state index contributed by atoms with van der Waals surface area (Å²) in [6.45, 7) is 3.49. The fraction of sp³-hybridized carbons (Fsp3) is 0.190. The number of anilines is 1. The van der Waals surface area contributed by atoms with Crippen LogP contribution in [0.5, 0.6) is 5.75 Å². The molecule has 28 heavy (non-hydrogen) atoms. The lowest BCUT2D eigenvalue weighted by atomic mass is 10.2. The number of aromatic nitrogens is 1. The number of hydrazone groups is 1. The molecule has 3 aromatic rings. The number of hydrogen-bond acceptors (Lipinski definition) is 7. The molecule has 0 saturated heterocycles. The van der Waals surface area contributed by atoms with Gasteiger partial charge in [-0.3, -0.25) is 5.43 Å². The van der Waals surface area contributed by atoms with Crippen LogP contribution < -0.4 is 10.2 Å². The third-order valence-corrected chi connectivity index (χ3v) is 4.30. The average molecular weight is 395 g/mol. The monoisotopic (exact) mass is 395 g/mol. The van der Waals surface area contributed by atoms with Crippen LogP contribution in [-0.2, 0) is 9.53 Å². The molecule has 0 bridgehead atoms. The summed E-state index contributed by atoms with van der Waals surface area (Å²) in [5.74, 6) is 0.210. The molecular formula is C21H21N3O3S. The van der Waals surface area contributed by atoms with Gasteiger partial charge >= 0.3 is 5.97 Å². The van der Waals surface area contributed by atoms with Crippen LogP contribution in [0.15, 0.2) is 65.1 Å². The number of rotatable bonds is 8. The van der Waals surface area contributed by atoms with Crippen molar-refractivity contribution in [2.45, 2.75) is 20.0 Å². The molecule has 0 aliphatic carbocycles. The van der Waals surface area contributed by atoms with E-state index in [9.17, 15) is 4.79 Å². The Kier molecular flexibility index (Phi) is 6.75. The second-order valence-electron chi connectivity index (χ2n) is 6.17. The zero-order valence-electron chi connectivity index (χ0n) is 15.7. The summed E-state index contributed by atoms with van der Waals surface area (Å²) in [7, 11) is 0. The summed E-state index contributed by atoms with van der Waals surface area (Å²) in [6.07, 6.45) is 1.55. The molecule has 0 radical (unpaired) electrons. The lowest BCUT2D eigenvalue weighted by molar-refractivity contribution is -0.149. The molecule has 0 unspecified atom stereocenters. The second kappa shape index (κ2) is 9.66. The number of nitrogens with one attached hydrogen (secondary N) is 1. The molecule has 1 aromatic heterocycles. The number of ether oxygens (including phenoxy) is 2. The molecule has 0 aliphatic heterocycles. The first-order valence-corrected chi connectivity index (χ1v) is 9.70. The van der Waals surface area contributed by atoms with Gasteiger partial charge in [0.15, 0.2) is 6.61 Å². The minimum absolute atomic E-state index is 0.110. The average Bonchev–Trinajstić information content (AvgIpc) is 3.16. The predicted molar refractivity (Wildman–Crippen MR) is 112 cm³/mol. The minimum Gasteiger partial charge on any atom is -0.482 e. The van der Waals surface area contributed by atoms with E-state index in [-0.39, 0.29) is 18.7 Å². The van der Waals surface area contributed by atoms with Crippen LogP contribution in [0.1, 0.15) is 19.4 Å². The van der Waals surface area contributed by atoms with Crippen molar-refractivity contribution in [1.82, 2.24) is 4.98 Å². The van der Waals surface area contributed by atoms with E-state index in [1.54, 1.807) is 32.2 Å². The van der Waals surface area contributed by atoms with Gasteiger partial charge in [-0.1, -0.05) is 30.3 Å². The quantitative estimate of drug-likeness (QED) is 0.343. The van der Waals surface area contributed by atoms with E-state index in [4.69, 9.17) is 9.47 Å². The maximum absolute atomic E-state index is 11.5. The van der Waals surface area contributed by atoms with Gasteiger partial charge in [-0.25, -0.2) is 9.78 Å². The van der Waals surface area contributed by atoms with Crippen LogP contribution in [-0.4, -0.2) is 29.9 Å². The highest BCUT2D eigenvalue weighted by atomic mass is 32.1. The highest BCUT2D eigenvalue weighted by Gasteiger charge is 2.06. The van der Waals surface area contributed by atoms with E-state index in [1.807, 2.05) is 47.8 Å². The van der Waals surface area contributed by atoms with E-state index in [1.165, 1.54) is 11.3 Å². The molecule has 0 spiro atoms. The summed E-state index contributed by atoms with van der Waals surface area (Å²) in [4.78, 5) is 16.0. The van der Waals surface area contributed by atoms with Crippen LogP contribution in [0.4, 0.5) is 5.13 Å². The maximum atomic E-state index is 11.5. The number of nitrogens with zero attached hydrogens (tertiary/aromatic N) is 2. The summed E-state index contributed by atoms with van der Waals surface area (Å²) >= 11 is 1.50. The van der Waals surface area contributed by atoms with Crippen molar-refractivity contribution in [2.24, 2.45) is 5.10 Å². The number of thiazole rings is 1. The van der Waals surface area contributed by atoms with Crippen LogP contribution in [0.2, 0.25) is 0 Å². The van der Waals surface area contributed by atoms with Gasteiger partial charge in [0.25, 0.3) is 0 Å². The van der Waals surface area contributed by atoms with Gasteiger partial charge in [0.05, 0.1) is 18.0 Å². The van der Waals surface area contributed by atoms with Gasteiger partial charge in [0.2, 0.25) is 5.13 Å². The van der Waals surface area contributed by atoms with E-state index >= 15 is 0 Å². The molecule has 6 nitrogen and oxygen atoms in total. The van der Waals surface area contributed by atoms with Crippen LogP contribution in [0.25, 0.3) is 11.3 Å². The topological polar surface area (TPSA) is 72.8 Å². The molecule has 3 rings (SSSR count). The van der Waals surface area contributed by atoms with Crippen molar-refractivity contribution in [3.05, 3.63) is 65.5 Å². The molecule has 1 heterocycles. The smallest absolute Gasteiger partial charge is 0.344 e. The van der Waals surface area contributed by atoms with E-state index in [0.717, 1.165) is 22.0 Å². The fourth-order valence-electron chi connectivity index (χ4n) is 2.32. The Balaban J connectivity index is 1.50. The summed E-state index contributed by atoms with van der Waals surface area (Å²) < 4.78 is 10.4. The van der Waals surface area contributed by atoms with Crippen molar-refractivity contribution >= 4 is 28.7 Å². The fourth-order valence-corrected chi connectivity index (χ4v) is 2.99. The van der Waals surface area contributed by atoms with Gasteiger partial charge < -0.3 is 9.47 Å². The van der Waals surface area contributed by atoms with Gasteiger partial charge in [-0.15, -0.1) is 11.3 Å². The first-order chi connectivity index (χ1) is 13.6. The zero-order chi connectivity index (χ0) is 19.8. The van der Waals surface area contributed by atoms with Crippen LogP contribution in [0.3, 0.4) is 0 Å². The van der Waals surface area contributed by atoms with Crippen molar-refractivity contribution in [2.75, 3.05) is 12.0 Å². The second-order valence-corrected chi connectivity index (χ2v) is 7.03. The Morgan fingerprint density at radius 1 is 1.18 bits per heavy atom. The van der Waals surface area contributed by atoms with Gasteiger partial charge in [0.1, 0.15) is 5.75 Å². The highest BCUT2D eigenvalue weighted by Crippen LogP contribution is 2.24. The van der Waals surface area contributed by atoms with Crippen molar-refractivity contribution in [3.8, 4) is 17.0 Å². The van der Waals surface area contributed by atoms with E-state index in [0.29, 0.717) is 5.75 Å². The van der Waals surface area contributed by atoms with E-state index < -0.39 is 0 Å². The number of esters is 1. The number of carbonyl (C=O) groups is 1. The Bertz CT molecular complexity index is 922. The van der Waals surface area contributed by atoms with Gasteiger partial charge in [-0.2, -0.15) is 5.10 Å².